The fourth-order valence-corrected chi connectivity index (χ4v) is 1.02. The van der Waals surface area contributed by atoms with Crippen LogP contribution in [0.15, 0.2) is 23.3 Å². The lowest BCUT2D eigenvalue weighted by Crippen LogP contribution is -2.16. The summed E-state index contributed by atoms with van der Waals surface area (Å²) in [5.41, 5.74) is 2.57. The third kappa shape index (κ3) is 3.55. The van der Waals surface area contributed by atoms with Crippen molar-refractivity contribution >= 4 is 23.9 Å². The van der Waals surface area contributed by atoms with Crippen molar-refractivity contribution in [2.45, 2.75) is 0 Å². The van der Waals surface area contributed by atoms with Gasteiger partial charge >= 0.3 is 6.09 Å². The zero-order valence-corrected chi connectivity index (χ0v) is 8.58. The van der Waals surface area contributed by atoms with E-state index < -0.39 is 11.9 Å². The first-order valence-corrected chi connectivity index (χ1v) is 4.33. The topological polar surface area (TPSA) is 50.7 Å². The Bertz CT molecular complexity index is 396. The number of halogens is 2. The Morgan fingerprint density at radius 3 is 3.00 bits per heavy atom. The van der Waals surface area contributed by atoms with Gasteiger partial charge in [-0.25, -0.2) is 14.6 Å². The number of methoxy groups -OCH3 is 1. The maximum atomic E-state index is 12.6. The second-order valence-corrected chi connectivity index (χ2v) is 2.93. The van der Waals surface area contributed by atoms with Crippen LogP contribution < -0.4 is 5.43 Å². The van der Waals surface area contributed by atoms with Gasteiger partial charge in [-0.1, -0.05) is 11.6 Å². The molecule has 0 atom stereocenters. The van der Waals surface area contributed by atoms with Crippen molar-refractivity contribution in [1.29, 1.82) is 0 Å². The summed E-state index contributed by atoms with van der Waals surface area (Å²) in [5.74, 6) is -0.432. The van der Waals surface area contributed by atoms with Crippen LogP contribution in [0.4, 0.5) is 9.18 Å². The minimum absolute atomic E-state index is 0.213. The lowest BCUT2D eigenvalue weighted by atomic mass is 10.2. The van der Waals surface area contributed by atoms with Gasteiger partial charge in [0.15, 0.2) is 0 Å². The molecular formula is C9H8ClFN2O2. The SMILES string of the molecule is COC(=O)N/N=C/c1ccc(F)cc1Cl. The molecule has 6 heteroatoms. The van der Waals surface area contributed by atoms with Gasteiger partial charge in [0.2, 0.25) is 0 Å². The highest BCUT2D eigenvalue weighted by Gasteiger charge is 1.99. The molecule has 0 saturated heterocycles. The van der Waals surface area contributed by atoms with Crippen LogP contribution >= 0.6 is 11.6 Å². The molecule has 1 N–H and O–H groups in total. The van der Waals surface area contributed by atoms with E-state index in [9.17, 15) is 9.18 Å². The highest BCUT2D eigenvalue weighted by molar-refractivity contribution is 6.33. The fourth-order valence-electron chi connectivity index (χ4n) is 0.806. The van der Waals surface area contributed by atoms with Crippen LogP contribution in [0.5, 0.6) is 0 Å². The van der Waals surface area contributed by atoms with Crippen LogP contribution in [0, 0.1) is 5.82 Å². The van der Waals surface area contributed by atoms with Crippen molar-refractivity contribution in [2.75, 3.05) is 7.11 Å². The minimum Gasteiger partial charge on any atom is -0.452 e. The Hall–Kier alpha value is -1.62. The van der Waals surface area contributed by atoms with Crippen LogP contribution in [-0.4, -0.2) is 19.4 Å². The minimum atomic E-state index is -0.690. The third-order valence-corrected chi connectivity index (χ3v) is 1.83. The number of hydrogen-bond acceptors (Lipinski definition) is 3. The summed E-state index contributed by atoms with van der Waals surface area (Å²) in [7, 11) is 1.22. The summed E-state index contributed by atoms with van der Waals surface area (Å²) in [5, 5.41) is 3.76. The third-order valence-electron chi connectivity index (χ3n) is 1.51. The maximum absolute atomic E-state index is 12.6. The number of hydrogen-bond donors (Lipinski definition) is 1. The normalized spacial score (nSPS) is 10.3. The van der Waals surface area contributed by atoms with Crippen molar-refractivity contribution in [3.8, 4) is 0 Å². The van der Waals surface area contributed by atoms with Gasteiger partial charge in [-0.3, -0.25) is 0 Å². The van der Waals surface area contributed by atoms with Crippen LogP contribution in [0.1, 0.15) is 5.56 Å². The van der Waals surface area contributed by atoms with E-state index in [4.69, 9.17) is 11.6 Å². The molecule has 0 heterocycles. The average Bonchev–Trinajstić information content (AvgIpc) is 2.21. The number of benzene rings is 1. The Balaban J connectivity index is 2.68. The van der Waals surface area contributed by atoms with Crippen LogP contribution in [-0.2, 0) is 4.74 Å². The molecule has 0 aliphatic heterocycles. The average molecular weight is 231 g/mol. The van der Waals surface area contributed by atoms with E-state index in [0.29, 0.717) is 5.56 Å². The molecule has 1 rings (SSSR count). The summed E-state index contributed by atoms with van der Waals surface area (Å²) >= 11 is 5.70. The molecule has 1 aromatic rings. The molecule has 0 unspecified atom stereocenters. The summed E-state index contributed by atoms with van der Waals surface area (Å²) in [4.78, 5) is 10.6. The molecule has 0 bridgehead atoms. The first-order valence-electron chi connectivity index (χ1n) is 3.95. The number of nitrogens with zero attached hydrogens (tertiary/aromatic N) is 1. The Morgan fingerprint density at radius 1 is 1.67 bits per heavy atom. The number of ether oxygens (including phenoxy) is 1. The van der Waals surface area contributed by atoms with E-state index in [2.05, 4.69) is 15.3 Å². The summed E-state index contributed by atoms with van der Waals surface area (Å²) in [6, 6.07) is 3.84. The van der Waals surface area contributed by atoms with Crippen molar-refractivity contribution in [3.05, 3.63) is 34.6 Å². The van der Waals surface area contributed by atoms with Gasteiger partial charge in [0.05, 0.1) is 18.3 Å². The van der Waals surface area contributed by atoms with E-state index in [1.165, 1.54) is 25.5 Å². The van der Waals surface area contributed by atoms with E-state index in [1.54, 1.807) is 0 Å². The smallest absolute Gasteiger partial charge is 0.427 e. The van der Waals surface area contributed by atoms with Gasteiger partial charge in [-0.2, -0.15) is 5.10 Å². The van der Waals surface area contributed by atoms with Crippen molar-refractivity contribution in [2.24, 2.45) is 5.10 Å². The van der Waals surface area contributed by atoms with Gasteiger partial charge in [0.25, 0.3) is 0 Å². The number of carbonyl (C=O) groups excluding carboxylic acids is 1. The first kappa shape index (κ1) is 11.5. The maximum Gasteiger partial charge on any atom is 0.427 e. The molecule has 0 radical (unpaired) electrons. The molecule has 0 aliphatic carbocycles. The van der Waals surface area contributed by atoms with Crippen molar-refractivity contribution in [3.63, 3.8) is 0 Å². The molecule has 15 heavy (non-hydrogen) atoms. The molecule has 0 aromatic heterocycles. The lowest BCUT2D eigenvalue weighted by molar-refractivity contribution is 0.171. The summed E-state index contributed by atoms with van der Waals surface area (Å²) in [6.07, 6.45) is 0.600. The van der Waals surface area contributed by atoms with Gasteiger partial charge in [-0.15, -0.1) is 0 Å². The van der Waals surface area contributed by atoms with E-state index in [1.807, 2.05) is 0 Å². The number of nitrogens with one attached hydrogen (secondary N) is 1. The van der Waals surface area contributed by atoms with Crippen molar-refractivity contribution < 1.29 is 13.9 Å². The second kappa shape index (κ2) is 5.31. The Kier molecular flexibility index (Phi) is 4.05. The highest BCUT2D eigenvalue weighted by atomic mass is 35.5. The number of amides is 1. The van der Waals surface area contributed by atoms with Crippen LogP contribution in [0.2, 0.25) is 5.02 Å². The molecular weight excluding hydrogens is 223 g/mol. The lowest BCUT2D eigenvalue weighted by Gasteiger charge is -1.98. The monoisotopic (exact) mass is 230 g/mol. The molecule has 80 valence electrons. The molecule has 0 saturated carbocycles. The molecule has 4 nitrogen and oxygen atoms in total. The van der Waals surface area contributed by atoms with Crippen LogP contribution in [0.3, 0.4) is 0 Å². The zero-order chi connectivity index (χ0) is 11.3. The molecule has 1 amide bonds. The van der Waals surface area contributed by atoms with E-state index in [-0.39, 0.29) is 5.02 Å². The standard InChI is InChI=1S/C9H8ClFN2O2/c1-15-9(14)13-12-5-6-2-3-7(11)4-8(6)10/h2-5H,1H3,(H,13,14)/b12-5+. The number of hydrazone groups is 1. The number of carbonyl (C=O) groups is 1. The highest BCUT2D eigenvalue weighted by Crippen LogP contribution is 2.14. The second-order valence-electron chi connectivity index (χ2n) is 2.53. The van der Waals surface area contributed by atoms with Crippen LogP contribution in [0.25, 0.3) is 0 Å². The quantitative estimate of drug-likeness (QED) is 0.625. The summed E-state index contributed by atoms with van der Waals surface area (Å²) in [6.45, 7) is 0. The predicted octanol–water partition coefficient (Wildman–Crippen LogP) is 2.17. The molecule has 1 aromatic carbocycles. The van der Waals surface area contributed by atoms with Gasteiger partial charge < -0.3 is 4.74 Å². The largest absolute Gasteiger partial charge is 0.452 e. The number of rotatable bonds is 2. The molecule has 0 fully saturated rings. The Morgan fingerprint density at radius 2 is 2.40 bits per heavy atom. The molecule has 0 spiro atoms. The van der Waals surface area contributed by atoms with Gasteiger partial charge in [0.1, 0.15) is 5.82 Å². The molecule has 0 aliphatic rings. The summed E-state index contributed by atoms with van der Waals surface area (Å²) < 4.78 is 16.9. The van der Waals surface area contributed by atoms with E-state index in [0.717, 1.165) is 6.07 Å². The zero-order valence-electron chi connectivity index (χ0n) is 7.83. The van der Waals surface area contributed by atoms with Gasteiger partial charge in [-0.05, 0) is 18.2 Å². The fraction of sp³-hybridized carbons (Fsp3) is 0.111. The Labute approximate surface area is 90.7 Å². The van der Waals surface area contributed by atoms with Gasteiger partial charge in [0, 0.05) is 5.56 Å². The van der Waals surface area contributed by atoms with Crippen molar-refractivity contribution in [1.82, 2.24) is 5.43 Å². The van der Waals surface area contributed by atoms with E-state index >= 15 is 0 Å². The predicted molar refractivity (Wildman–Crippen MR) is 54.5 cm³/mol. The first-order chi connectivity index (χ1) is 7.13.